The summed E-state index contributed by atoms with van der Waals surface area (Å²) in [5, 5.41) is 0. The molecule has 0 aromatic carbocycles. The molecule has 1 heterocycles. The van der Waals surface area contributed by atoms with Crippen LogP contribution in [0.4, 0.5) is 0 Å². The van der Waals surface area contributed by atoms with E-state index in [-0.39, 0.29) is 24.0 Å². The highest BCUT2D eigenvalue weighted by Crippen LogP contribution is 2.19. The van der Waals surface area contributed by atoms with Gasteiger partial charge >= 0.3 is 5.97 Å². The average Bonchev–Trinajstić information content (AvgIpc) is 2.72. The molecule has 0 saturated carbocycles. The Kier molecular flexibility index (Phi) is 5.78. The normalized spacial score (nSPS) is 21.1. The van der Waals surface area contributed by atoms with Crippen LogP contribution in [0.5, 0.6) is 0 Å². The summed E-state index contributed by atoms with van der Waals surface area (Å²) < 4.78 is 27.5. The van der Waals surface area contributed by atoms with Crippen molar-refractivity contribution in [1.82, 2.24) is 4.90 Å². The van der Waals surface area contributed by atoms with E-state index in [4.69, 9.17) is 0 Å². The first-order valence-corrected chi connectivity index (χ1v) is 8.28. The minimum atomic E-state index is -3.08. The van der Waals surface area contributed by atoms with Crippen LogP contribution in [-0.2, 0) is 24.2 Å². The van der Waals surface area contributed by atoms with Gasteiger partial charge in [0.15, 0.2) is 9.84 Å². The number of esters is 1. The van der Waals surface area contributed by atoms with Crippen LogP contribution in [0.1, 0.15) is 32.6 Å². The second kappa shape index (κ2) is 6.88. The Balaban J connectivity index is 2.74. The predicted molar refractivity (Wildman–Crippen MR) is 70.3 cm³/mol. The number of unbranched alkanes of at least 4 members (excludes halogenated alkanes) is 1. The molecule has 0 bridgehead atoms. The van der Waals surface area contributed by atoms with Crippen molar-refractivity contribution in [2.75, 3.05) is 25.2 Å². The molecule has 1 atom stereocenters. The molecule has 19 heavy (non-hydrogen) atoms. The lowest BCUT2D eigenvalue weighted by Gasteiger charge is -2.27. The molecule has 1 saturated heterocycles. The van der Waals surface area contributed by atoms with E-state index in [0.717, 1.165) is 12.8 Å². The summed E-state index contributed by atoms with van der Waals surface area (Å²) in [7, 11) is -1.83. The SMILES string of the molecule is CCCCC(=O)N(CC(=O)OC)[C@@H]1CCS(=O)(=O)C1. The van der Waals surface area contributed by atoms with Crippen molar-refractivity contribution in [2.24, 2.45) is 0 Å². The van der Waals surface area contributed by atoms with Gasteiger partial charge in [0.05, 0.1) is 18.6 Å². The largest absolute Gasteiger partial charge is 0.468 e. The third-order valence-corrected chi connectivity index (χ3v) is 4.99. The number of ether oxygens (including phenoxy) is 1. The maximum atomic E-state index is 12.1. The van der Waals surface area contributed by atoms with Crippen molar-refractivity contribution in [2.45, 2.75) is 38.6 Å². The fourth-order valence-electron chi connectivity index (χ4n) is 2.12. The highest BCUT2D eigenvalue weighted by atomic mass is 32.2. The van der Waals surface area contributed by atoms with Crippen molar-refractivity contribution in [1.29, 1.82) is 0 Å². The summed E-state index contributed by atoms with van der Waals surface area (Å²) in [6.45, 7) is 1.80. The molecule has 1 amide bonds. The minimum absolute atomic E-state index is 0.0537. The number of amides is 1. The van der Waals surface area contributed by atoms with Crippen LogP contribution in [0.15, 0.2) is 0 Å². The number of sulfone groups is 1. The van der Waals surface area contributed by atoms with Gasteiger partial charge in [-0.25, -0.2) is 8.42 Å². The molecule has 110 valence electrons. The van der Waals surface area contributed by atoms with E-state index in [1.165, 1.54) is 12.0 Å². The highest BCUT2D eigenvalue weighted by Gasteiger charge is 2.35. The summed E-state index contributed by atoms with van der Waals surface area (Å²) >= 11 is 0. The van der Waals surface area contributed by atoms with Gasteiger partial charge in [0, 0.05) is 12.5 Å². The van der Waals surface area contributed by atoms with E-state index < -0.39 is 21.8 Å². The van der Waals surface area contributed by atoms with Crippen molar-refractivity contribution in [3.63, 3.8) is 0 Å². The summed E-state index contributed by atoms with van der Waals surface area (Å²) in [5.74, 6) is -0.665. The van der Waals surface area contributed by atoms with Crippen LogP contribution in [0.2, 0.25) is 0 Å². The van der Waals surface area contributed by atoms with E-state index in [0.29, 0.717) is 12.8 Å². The third-order valence-electron chi connectivity index (χ3n) is 3.24. The molecule has 0 unspecified atom stereocenters. The Morgan fingerprint density at radius 3 is 2.53 bits per heavy atom. The van der Waals surface area contributed by atoms with Crippen molar-refractivity contribution < 1.29 is 22.7 Å². The molecule has 7 heteroatoms. The molecule has 0 aliphatic carbocycles. The van der Waals surface area contributed by atoms with Crippen molar-refractivity contribution in [3.05, 3.63) is 0 Å². The first-order valence-electron chi connectivity index (χ1n) is 6.46. The number of nitrogens with zero attached hydrogens (tertiary/aromatic N) is 1. The van der Waals surface area contributed by atoms with Gasteiger partial charge in [-0.05, 0) is 12.8 Å². The molecule has 1 fully saturated rings. The summed E-state index contributed by atoms with van der Waals surface area (Å²) in [6, 6.07) is -0.395. The van der Waals surface area contributed by atoms with Gasteiger partial charge in [0.2, 0.25) is 5.91 Å². The van der Waals surface area contributed by atoms with Crippen LogP contribution in [-0.4, -0.2) is 56.4 Å². The highest BCUT2D eigenvalue weighted by molar-refractivity contribution is 7.91. The van der Waals surface area contributed by atoms with E-state index >= 15 is 0 Å². The van der Waals surface area contributed by atoms with Gasteiger partial charge in [-0.15, -0.1) is 0 Å². The van der Waals surface area contributed by atoms with Crippen LogP contribution >= 0.6 is 0 Å². The molecule has 0 radical (unpaired) electrons. The van der Waals surface area contributed by atoms with Gasteiger partial charge in [0.25, 0.3) is 0 Å². The van der Waals surface area contributed by atoms with Crippen molar-refractivity contribution in [3.8, 4) is 0 Å². The van der Waals surface area contributed by atoms with E-state index in [1.807, 2.05) is 6.92 Å². The van der Waals surface area contributed by atoms with E-state index in [9.17, 15) is 18.0 Å². The lowest BCUT2D eigenvalue weighted by molar-refractivity contribution is -0.148. The summed E-state index contributed by atoms with van der Waals surface area (Å²) in [6.07, 6.45) is 2.35. The second-order valence-electron chi connectivity index (χ2n) is 4.76. The Labute approximate surface area is 114 Å². The predicted octanol–water partition coefficient (Wildman–Crippen LogP) is 0.365. The second-order valence-corrected chi connectivity index (χ2v) is 6.99. The van der Waals surface area contributed by atoms with Gasteiger partial charge in [0.1, 0.15) is 6.54 Å². The summed E-state index contributed by atoms with van der Waals surface area (Å²) in [5.41, 5.74) is 0. The van der Waals surface area contributed by atoms with Gasteiger partial charge < -0.3 is 9.64 Å². The molecule has 0 N–H and O–H groups in total. The third kappa shape index (κ3) is 4.81. The number of hydrogen-bond donors (Lipinski definition) is 0. The van der Waals surface area contributed by atoms with Crippen molar-refractivity contribution >= 4 is 21.7 Å². The standard InChI is InChI=1S/C12H21NO5S/c1-3-4-5-11(14)13(8-12(15)18-2)10-6-7-19(16,17)9-10/h10H,3-9H2,1-2H3/t10-/m1/s1. The number of methoxy groups -OCH3 is 1. The monoisotopic (exact) mass is 291 g/mol. The zero-order chi connectivity index (χ0) is 14.5. The lowest BCUT2D eigenvalue weighted by Crippen LogP contribution is -2.44. The Hall–Kier alpha value is -1.11. The molecular weight excluding hydrogens is 270 g/mol. The number of carbonyl (C=O) groups excluding carboxylic acids is 2. The molecular formula is C12H21NO5S. The van der Waals surface area contributed by atoms with Crippen LogP contribution in [0.25, 0.3) is 0 Å². The molecule has 0 aromatic heterocycles. The molecule has 1 rings (SSSR count). The Morgan fingerprint density at radius 2 is 2.05 bits per heavy atom. The Bertz CT molecular complexity index is 431. The topological polar surface area (TPSA) is 80.8 Å². The number of carbonyl (C=O) groups is 2. The maximum Gasteiger partial charge on any atom is 0.325 e. The molecule has 0 aromatic rings. The molecule has 1 aliphatic heterocycles. The zero-order valence-electron chi connectivity index (χ0n) is 11.4. The van der Waals surface area contributed by atoms with Gasteiger partial charge in [-0.3, -0.25) is 9.59 Å². The van der Waals surface area contributed by atoms with E-state index in [2.05, 4.69) is 4.74 Å². The quantitative estimate of drug-likeness (QED) is 0.660. The minimum Gasteiger partial charge on any atom is -0.468 e. The Morgan fingerprint density at radius 1 is 1.37 bits per heavy atom. The average molecular weight is 291 g/mol. The maximum absolute atomic E-state index is 12.1. The zero-order valence-corrected chi connectivity index (χ0v) is 12.2. The fourth-order valence-corrected chi connectivity index (χ4v) is 3.85. The number of hydrogen-bond acceptors (Lipinski definition) is 5. The van der Waals surface area contributed by atoms with Crippen LogP contribution in [0, 0.1) is 0 Å². The smallest absolute Gasteiger partial charge is 0.325 e. The van der Waals surface area contributed by atoms with Gasteiger partial charge in [-0.1, -0.05) is 13.3 Å². The molecule has 0 spiro atoms. The molecule has 1 aliphatic rings. The number of rotatable bonds is 6. The lowest BCUT2D eigenvalue weighted by atomic mass is 10.1. The summed E-state index contributed by atoms with van der Waals surface area (Å²) in [4.78, 5) is 24.8. The van der Waals surface area contributed by atoms with Crippen LogP contribution < -0.4 is 0 Å². The molecule has 6 nitrogen and oxygen atoms in total. The van der Waals surface area contributed by atoms with Crippen LogP contribution in [0.3, 0.4) is 0 Å². The van der Waals surface area contributed by atoms with E-state index in [1.54, 1.807) is 0 Å². The van der Waals surface area contributed by atoms with Gasteiger partial charge in [-0.2, -0.15) is 0 Å². The first-order chi connectivity index (χ1) is 8.89. The first kappa shape index (κ1) is 15.9. The fraction of sp³-hybridized carbons (Fsp3) is 0.833.